The third-order valence-corrected chi connectivity index (χ3v) is 6.38. The van der Waals surface area contributed by atoms with E-state index in [1.165, 1.54) is 12.1 Å². The number of nitrogens with zero attached hydrogens (tertiary/aromatic N) is 3. The van der Waals surface area contributed by atoms with E-state index in [4.69, 9.17) is 0 Å². The summed E-state index contributed by atoms with van der Waals surface area (Å²) in [6, 6.07) is 5.97. The lowest BCUT2D eigenvalue weighted by Crippen LogP contribution is -2.42. The van der Waals surface area contributed by atoms with Crippen LogP contribution >= 0.6 is 0 Å². The van der Waals surface area contributed by atoms with Crippen molar-refractivity contribution in [3.8, 4) is 5.69 Å². The largest absolute Gasteiger partial charge is 0.334 e. The first-order chi connectivity index (χ1) is 15.8. The number of halogens is 1. The smallest absolute Gasteiger partial charge is 0.256 e. The molecule has 1 aliphatic heterocycles. The number of carbonyl (C=O) groups is 2. The Hall–Kier alpha value is -3.06. The van der Waals surface area contributed by atoms with E-state index in [0.717, 1.165) is 36.8 Å². The number of carbonyl (C=O) groups excluding carboxylic acids is 2. The summed E-state index contributed by atoms with van der Waals surface area (Å²) in [7, 11) is 0. The van der Waals surface area contributed by atoms with Crippen LogP contribution in [0.2, 0.25) is 0 Å². The molecule has 1 N–H and O–H groups in total. The van der Waals surface area contributed by atoms with E-state index < -0.39 is 5.82 Å². The minimum absolute atomic E-state index is 0.0369. The molecule has 174 valence electrons. The van der Waals surface area contributed by atoms with Crippen molar-refractivity contribution in [2.75, 3.05) is 13.1 Å². The van der Waals surface area contributed by atoms with Crippen LogP contribution in [-0.4, -0.2) is 51.3 Å². The van der Waals surface area contributed by atoms with Gasteiger partial charge in [0.1, 0.15) is 5.82 Å². The molecule has 3 heterocycles. The number of piperidine rings is 1. The Morgan fingerprint density at radius 2 is 1.79 bits per heavy atom. The lowest BCUT2D eigenvalue weighted by molar-refractivity contribution is 0.0643. The Labute approximate surface area is 193 Å². The summed E-state index contributed by atoms with van der Waals surface area (Å²) >= 11 is 0. The topological polar surface area (TPSA) is 67.2 Å². The van der Waals surface area contributed by atoms with Gasteiger partial charge < -0.3 is 14.8 Å². The molecule has 6 nitrogen and oxygen atoms in total. The number of nitrogens with one attached hydrogen (secondary N) is 1. The number of fused-ring (bicyclic) bond motifs is 1. The normalized spacial score (nSPS) is 14.9. The number of pyridine rings is 1. The third-order valence-electron chi connectivity index (χ3n) is 6.38. The zero-order valence-electron chi connectivity index (χ0n) is 19.6. The van der Waals surface area contributed by atoms with Crippen molar-refractivity contribution in [2.45, 2.75) is 52.6 Å². The maximum atomic E-state index is 14.3. The molecule has 0 bridgehead atoms. The van der Waals surface area contributed by atoms with Gasteiger partial charge in [0.2, 0.25) is 0 Å². The van der Waals surface area contributed by atoms with Crippen LogP contribution in [0.1, 0.15) is 61.3 Å². The second-order valence-corrected chi connectivity index (χ2v) is 9.26. The Balaban J connectivity index is 1.87. The van der Waals surface area contributed by atoms with E-state index in [1.807, 2.05) is 38.3 Å². The fourth-order valence-corrected chi connectivity index (χ4v) is 4.87. The van der Waals surface area contributed by atoms with Gasteiger partial charge in [-0.15, -0.1) is 0 Å². The second kappa shape index (κ2) is 9.43. The van der Waals surface area contributed by atoms with Crippen LogP contribution in [0.15, 0.2) is 42.9 Å². The zero-order valence-corrected chi connectivity index (χ0v) is 19.6. The van der Waals surface area contributed by atoms with Crippen molar-refractivity contribution in [3.63, 3.8) is 0 Å². The molecule has 1 aliphatic rings. The van der Waals surface area contributed by atoms with Crippen molar-refractivity contribution >= 4 is 22.6 Å². The van der Waals surface area contributed by atoms with Gasteiger partial charge in [-0.1, -0.05) is 0 Å². The van der Waals surface area contributed by atoms with E-state index in [-0.39, 0.29) is 35.3 Å². The summed E-state index contributed by atoms with van der Waals surface area (Å²) in [5.74, 6) is -0.654. The Morgan fingerprint density at radius 3 is 2.45 bits per heavy atom. The lowest BCUT2D eigenvalue weighted by atomic mass is 9.90. The first-order valence-corrected chi connectivity index (χ1v) is 11.6. The molecule has 0 unspecified atom stereocenters. The first-order valence-electron chi connectivity index (χ1n) is 11.6. The van der Waals surface area contributed by atoms with Gasteiger partial charge in [-0.25, -0.2) is 4.39 Å². The average molecular weight is 451 g/mol. The van der Waals surface area contributed by atoms with Gasteiger partial charge in [0.05, 0.1) is 23.0 Å². The quantitative estimate of drug-likeness (QED) is 0.557. The highest BCUT2D eigenvalue weighted by atomic mass is 19.1. The van der Waals surface area contributed by atoms with Crippen LogP contribution in [-0.2, 0) is 0 Å². The monoisotopic (exact) mass is 450 g/mol. The van der Waals surface area contributed by atoms with Crippen molar-refractivity contribution in [1.29, 1.82) is 0 Å². The van der Waals surface area contributed by atoms with E-state index in [0.29, 0.717) is 11.3 Å². The standard InChI is InChI=1S/C26H31FN4O2/c1-16(2)31(17(3)4)26(33)21-13-19(27)5-6-23(21)30-15-22(20-9-12-29-14-24(20)30)25(32)18-7-10-28-11-8-18/h5-6,9,12-18,28H,7-8,10-11H2,1-4H3. The van der Waals surface area contributed by atoms with Gasteiger partial charge in [-0.3, -0.25) is 14.6 Å². The molecule has 0 radical (unpaired) electrons. The molecule has 7 heteroatoms. The summed E-state index contributed by atoms with van der Waals surface area (Å²) in [5.41, 5.74) is 2.14. The number of hydrogen-bond donors (Lipinski definition) is 1. The molecule has 3 aromatic rings. The fraction of sp³-hybridized carbons (Fsp3) is 0.423. The van der Waals surface area contributed by atoms with E-state index in [1.54, 1.807) is 29.6 Å². The molecular weight excluding hydrogens is 419 g/mol. The highest BCUT2D eigenvalue weighted by Crippen LogP contribution is 2.30. The van der Waals surface area contributed by atoms with Crippen LogP contribution in [0, 0.1) is 11.7 Å². The van der Waals surface area contributed by atoms with Crippen molar-refractivity contribution in [3.05, 3.63) is 59.8 Å². The highest BCUT2D eigenvalue weighted by molar-refractivity contribution is 6.10. The zero-order chi connectivity index (χ0) is 23.7. The number of rotatable bonds is 6. The molecule has 1 saturated heterocycles. The molecule has 0 atom stereocenters. The number of aromatic nitrogens is 2. The summed E-state index contributed by atoms with van der Waals surface area (Å²) in [6.07, 6.45) is 6.75. The summed E-state index contributed by atoms with van der Waals surface area (Å²) in [4.78, 5) is 33.0. The molecule has 0 aliphatic carbocycles. The van der Waals surface area contributed by atoms with Gasteiger partial charge in [0.25, 0.3) is 5.91 Å². The molecule has 0 spiro atoms. The Morgan fingerprint density at radius 1 is 1.09 bits per heavy atom. The Kier molecular flexibility index (Phi) is 6.61. The minimum Gasteiger partial charge on any atom is -0.334 e. The van der Waals surface area contributed by atoms with E-state index in [9.17, 15) is 14.0 Å². The van der Waals surface area contributed by atoms with Crippen LogP contribution in [0.3, 0.4) is 0 Å². The molecular formula is C26H31FN4O2. The van der Waals surface area contributed by atoms with Gasteiger partial charge in [0.15, 0.2) is 5.78 Å². The van der Waals surface area contributed by atoms with E-state index in [2.05, 4.69) is 10.3 Å². The highest BCUT2D eigenvalue weighted by Gasteiger charge is 2.28. The van der Waals surface area contributed by atoms with Gasteiger partial charge >= 0.3 is 0 Å². The summed E-state index contributed by atoms with van der Waals surface area (Å²) in [5, 5.41) is 4.09. The number of amides is 1. The third kappa shape index (κ3) is 4.42. The number of benzene rings is 1. The van der Waals surface area contributed by atoms with Crippen LogP contribution in [0.25, 0.3) is 16.6 Å². The predicted octanol–water partition coefficient (Wildman–Crippen LogP) is 4.61. The van der Waals surface area contributed by atoms with E-state index >= 15 is 0 Å². The van der Waals surface area contributed by atoms with Crippen molar-refractivity contribution in [1.82, 2.24) is 19.8 Å². The van der Waals surface area contributed by atoms with Gasteiger partial charge in [-0.05, 0) is 77.9 Å². The number of ketones is 1. The maximum absolute atomic E-state index is 14.3. The Bertz CT molecular complexity index is 1170. The maximum Gasteiger partial charge on any atom is 0.256 e. The van der Waals surface area contributed by atoms with Crippen LogP contribution in [0.4, 0.5) is 4.39 Å². The molecule has 0 saturated carbocycles. The first kappa shape index (κ1) is 23.1. The second-order valence-electron chi connectivity index (χ2n) is 9.26. The van der Waals surface area contributed by atoms with Crippen LogP contribution < -0.4 is 5.32 Å². The number of Topliss-reactive ketones (excluding diaryl/α,β-unsaturated/α-hetero) is 1. The molecule has 33 heavy (non-hydrogen) atoms. The predicted molar refractivity (Wildman–Crippen MR) is 127 cm³/mol. The van der Waals surface area contributed by atoms with Gasteiger partial charge in [0, 0.05) is 41.3 Å². The van der Waals surface area contributed by atoms with Gasteiger partial charge in [-0.2, -0.15) is 0 Å². The fourth-order valence-electron chi connectivity index (χ4n) is 4.87. The summed E-state index contributed by atoms with van der Waals surface area (Å²) < 4.78 is 16.1. The number of hydrogen-bond acceptors (Lipinski definition) is 4. The average Bonchev–Trinajstić information content (AvgIpc) is 3.18. The summed E-state index contributed by atoms with van der Waals surface area (Å²) in [6.45, 7) is 9.44. The minimum atomic E-state index is -0.477. The van der Waals surface area contributed by atoms with Crippen molar-refractivity contribution < 1.29 is 14.0 Å². The van der Waals surface area contributed by atoms with Crippen LogP contribution in [0.5, 0.6) is 0 Å². The molecule has 4 rings (SSSR count). The SMILES string of the molecule is CC(C)N(C(=O)c1cc(F)ccc1-n1cc(C(=O)C2CCNCC2)c2ccncc21)C(C)C. The molecule has 1 aromatic carbocycles. The molecule has 1 fully saturated rings. The lowest BCUT2D eigenvalue weighted by Gasteiger charge is -2.31. The molecule has 1 amide bonds. The van der Waals surface area contributed by atoms with Crippen molar-refractivity contribution in [2.24, 2.45) is 5.92 Å². The molecule has 2 aromatic heterocycles.